The van der Waals surface area contributed by atoms with Crippen LogP contribution in [0.1, 0.15) is 33.9 Å². The van der Waals surface area contributed by atoms with Gasteiger partial charge in [-0.2, -0.15) is 0 Å². The van der Waals surface area contributed by atoms with Crippen molar-refractivity contribution in [1.82, 2.24) is 10.6 Å². The van der Waals surface area contributed by atoms with Crippen molar-refractivity contribution in [1.29, 1.82) is 0 Å². The van der Waals surface area contributed by atoms with Crippen LogP contribution in [0.15, 0.2) is 48.5 Å². The summed E-state index contributed by atoms with van der Waals surface area (Å²) in [6.07, 6.45) is -4.72. The quantitative estimate of drug-likeness (QED) is 0.857. The van der Waals surface area contributed by atoms with E-state index in [-0.39, 0.29) is 30.5 Å². The van der Waals surface area contributed by atoms with Gasteiger partial charge < -0.3 is 15.4 Å². The first-order valence-corrected chi connectivity index (χ1v) is 7.83. The maximum absolute atomic E-state index is 12.2. The van der Waals surface area contributed by atoms with Crippen molar-refractivity contribution in [3.05, 3.63) is 65.2 Å². The van der Waals surface area contributed by atoms with Gasteiger partial charge in [0.05, 0.1) is 12.5 Å². The number of hydrogen-bond donors (Lipinski definition) is 2. The second-order valence-electron chi connectivity index (χ2n) is 5.79. The SMILES string of the molecule is O=C(C[C@@H]1NC(=O)c2ccccc21)NCc1cccc(OC(F)(F)F)c1. The largest absolute Gasteiger partial charge is 0.573 e. The predicted molar refractivity (Wildman–Crippen MR) is 86.2 cm³/mol. The summed E-state index contributed by atoms with van der Waals surface area (Å²) in [5, 5.41) is 5.37. The van der Waals surface area contributed by atoms with Crippen LogP contribution in [0, 0.1) is 0 Å². The smallest absolute Gasteiger partial charge is 0.406 e. The predicted octanol–water partition coefficient (Wildman–Crippen LogP) is 3.08. The number of carbonyl (C=O) groups excluding carboxylic acids is 2. The zero-order valence-electron chi connectivity index (χ0n) is 13.5. The van der Waals surface area contributed by atoms with Gasteiger partial charge in [-0.05, 0) is 29.3 Å². The molecule has 0 aliphatic carbocycles. The molecule has 0 radical (unpaired) electrons. The Bertz CT molecular complexity index is 836. The molecule has 26 heavy (non-hydrogen) atoms. The van der Waals surface area contributed by atoms with Crippen LogP contribution in [0.5, 0.6) is 5.75 Å². The average molecular weight is 364 g/mol. The zero-order valence-corrected chi connectivity index (χ0v) is 13.5. The van der Waals surface area contributed by atoms with Crippen LogP contribution < -0.4 is 15.4 Å². The van der Waals surface area contributed by atoms with Crippen molar-refractivity contribution in [2.75, 3.05) is 0 Å². The van der Waals surface area contributed by atoms with Gasteiger partial charge in [-0.1, -0.05) is 30.3 Å². The summed E-state index contributed by atoms with van der Waals surface area (Å²) in [7, 11) is 0. The van der Waals surface area contributed by atoms with E-state index in [1.807, 2.05) is 0 Å². The van der Waals surface area contributed by atoms with Gasteiger partial charge in [0.1, 0.15) is 5.75 Å². The molecule has 8 heteroatoms. The van der Waals surface area contributed by atoms with Crippen molar-refractivity contribution < 1.29 is 27.5 Å². The van der Waals surface area contributed by atoms with Gasteiger partial charge in [-0.25, -0.2) is 0 Å². The molecule has 2 amide bonds. The summed E-state index contributed by atoms with van der Waals surface area (Å²) < 4.78 is 40.6. The van der Waals surface area contributed by atoms with Crippen molar-refractivity contribution in [3.8, 4) is 5.75 Å². The highest BCUT2D eigenvalue weighted by Crippen LogP contribution is 2.27. The number of amides is 2. The van der Waals surface area contributed by atoms with Gasteiger partial charge in [-0.3, -0.25) is 9.59 Å². The van der Waals surface area contributed by atoms with Crippen molar-refractivity contribution >= 4 is 11.8 Å². The number of hydrogen-bond acceptors (Lipinski definition) is 3. The number of nitrogens with one attached hydrogen (secondary N) is 2. The Morgan fingerprint density at radius 2 is 1.92 bits per heavy atom. The van der Waals surface area contributed by atoms with E-state index in [0.29, 0.717) is 11.1 Å². The highest BCUT2D eigenvalue weighted by Gasteiger charge is 2.31. The van der Waals surface area contributed by atoms with E-state index in [0.717, 1.165) is 5.56 Å². The Morgan fingerprint density at radius 1 is 1.15 bits per heavy atom. The molecule has 1 aliphatic rings. The summed E-state index contributed by atoms with van der Waals surface area (Å²) in [5.74, 6) is -0.897. The molecule has 0 fully saturated rings. The van der Waals surface area contributed by atoms with Gasteiger partial charge in [0, 0.05) is 12.1 Å². The molecule has 2 aromatic carbocycles. The van der Waals surface area contributed by atoms with E-state index in [1.54, 1.807) is 30.3 Å². The van der Waals surface area contributed by atoms with Gasteiger partial charge in [-0.15, -0.1) is 13.2 Å². The lowest BCUT2D eigenvalue weighted by Gasteiger charge is -2.13. The van der Waals surface area contributed by atoms with Crippen molar-refractivity contribution in [3.63, 3.8) is 0 Å². The summed E-state index contributed by atoms with van der Waals surface area (Å²) in [6, 6.07) is 12.0. The van der Waals surface area contributed by atoms with Crippen LogP contribution in [0.4, 0.5) is 13.2 Å². The average Bonchev–Trinajstić information content (AvgIpc) is 2.88. The van der Waals surface area contributed by atoms with E-state index in [4.69, 9.17) is 0 Å². The molecule has 0 aromatic heterocycles. The Hall–Kier alpha value is -3.03. The van der Waals surface area contributed by atoms with Crippen LogP contribution in [0.3, 0.4) is 0 Å². The first kappa shape index (κ1) is 17.8. The number of benzene rings is 2. The van der Waals surface area contributed by atoms with Crippen molar-refractivity contribution in [2.24, 2.45) is 0 Å². The molecule has 136 valence electrons. The Labute approximate surface area is 147 Å². The fourth-order valence-electron chi connectivity index (χ4n) is 2.79. The standard InChI is InChI=1S/C18H15F3N2O3/c19-18(20,21)26-12-5-3-4-11(8-12)10-22-16(24)9-15-13-6-1-2-7-14(13)17(25)23-15/h1-8,15H,9-10H2,(H,22,24)(H,23,25)/t15-/m0/s1. The molecular formula is C18H15F3N2O3. The normalized spacial score (nSPS) is 16.0. The molecule has 1 atom stereocenters. The van der Waals surface area contributed by atoms with Gasteiger partial charge in [0.15, 0.2) is 0 Å². The van der Waals surface area contributed by atoms with Crippen LogP contribution in [-0.4, -0.2) is 18.2 Å². The first-order chi connectivity index (χ1) is 12.3. The number of halogens is 3. The van der Waals surface area contributed by atoms with Gasteiger partial charge >= 0.3 is 6.36 Å². The number of ether oxygens (including phenoxy) is 1. The van der Waals surface area contributed by atoms with E-state index in [2.05, 4.69) is 15.4 Å². The van der Waals surface area contributed by atoms with Crippen LogP contribution >= 0.6 is 0 Å². The molecule has 0 bridgehead atoms. The summed E-state index contributed by atoms with van der Waals surface area (Å²) in [5.41, 5.74) is 1.77. The van der Waals surface area contributed by atoms with Crippen molar-refractivity contribution in [2.45, 2.75) is 25.4 Å². The third-order valence-corrected chi connectivity index (χ3v) is 3.90. The van der Waals surface area contributed by atoms with E-state index in [1.165, 1.54) is 18.2 Å². The second kappa shape index (κ2) is 7.07. The summed E-state index contributed by atoms with van der Waals surface area (Å²) in [4.78, 5) is 24.0. The molecule has 0 spiro atoms. The zero-order chi connectivity index (χ0) is 18.7. The highest BCUT2D eigenvalue weighted by molar-refractivity contribution is 5.99. The van der Waals surface area contributed by atoms with E-state index in [9.17, 15) is 22.8 Å². The lowest BCUT2D eigenvalue weighted by molar-refractivity contribution is -0.274. The lowest BCUT2D eigenvalue weighted by Crippen LogP contribution is -2.28. The second-order valence-corrected chi connectivity index (χ2v) is 5.79. The number of fused-ring (bicyclic) bond motifs is 1. The molecule has 0 unspecified atom stereocenters. The van der Waals surface area contributed by atoms with Gasteiger partial charge in [0.2, 0.25) is 5.91 Å². The topological polar surface area (TPSA) is 67.4 Å². The monoisotopic (exact) mass is 364 g/mol. The third kappa shape index (κ3) is 4.33. The number of rotatable bonds is 5. The van der Waals surface area contributed by atoms with E-state index < -0.39 is 12.4 Å². The van der Waals surface area contributed by atoms with Crippen LogP contribution in [0.25, 0.3) is 0 Å². The maximum atomic E-state index is 12.2. The molecular weight excluding hydrogens is 349 g/mol. The molecule has 0 saturated heterocycles. The minimum absolute atomic E-state index is 0.0431. The Balaban J connectivity index is 1.57. The minimum Gasteiger partial charge on any atom is -0.406 e. The van der Waals surface area contributed by atoms with Crippen LogP contribution in [0.2, 0.25) is 0 Å². The molecule has 3 rings (SSSR count). The minimum atomic E-state index is -4.77. The van der Waals surface area contributed by atoms with E-state index >= 15 is 0 Å². The third-order valence-electron chi connectivity index (χ3n) is 3.90. The molecule has 2 aromatic rings. The van der Waals surface area contributed by atoms with Crippen LogP contribution in [-0.2, 0) is 11.3 Å². The lowest BCUT2D eigenvalue weighted by atomic mass is 10.0. The molecule has 1 heterocycles. The van der Waals surface area contributed by atoms with Gasteiger partial charge in [0.25, 0.3) is 5.91 Å². The fourth-order valence-corrected chi connectivity index (χ4v) is 2.79. The fraction of sp³-hybridized carbons (Fsp3) is 0.222. The molecule has 1 aliphatic heterocycles. The summed E-state index contributed by atoms with van der Waals surface area (Å²) in [6.45, 7) is 0.0518. The molecule has 0 saturated carbocycles. The highest BCUT2D eigenvalue weighted by atomic mass is 19.4. The first-order valence-electron chi connectivity index (χ1n) is 7.83. The molecule has 2 N–H and O–H groups in total. The molecule has 5 nitrogen and oxygen atoms in total. The Morgan fingerprint density at radius 3 is 2.69 bits per heavy atom. The maximum Gasteiger partial charge on any atom is 0.573 e. The number of alkyl halides is 3. The number of carbonyl (C=O) groups is 2. The summed E-state index contributed by atoms with van der Waals surface area (Å²) >= 11 is 0. The Kier molecular flexibility index (Phi) is 4.83.